The molecule has 8 heteroatoms. The summed E-state index contributed by atoms with van der Waals surface area (Å²) in [5, 5.41) is 22.3. The summed E-state index contributed by atoms with van der Waals surface area (Å²) in [7, 11) is 1.42. The number of halogens is 1. The van der Waals surface area contributed by atoms with E-state index in [1.165, 1.54) is 13.2 Å². The molecule has 0 spiro atoms. The molecule has 0 saturated heterocycles. The van der Waals surface area contributed by atoms with Gasteiger partial charge in [-0.15, -0.1) is 0 Å². The minimum atomic E-state index is -1.38. The second-order valence-corrected chi connectivity index (χ2v) is 3.95. The molecule has 1 atom stereocenters. The van der Waals surface area contributed by atoms with Crippen LogP contribution in [-0.4, -0.2) is 42.0 Å². The third kappa shape index (κ3) is 4.31. The Morgan fingerprint density at radius 3 is 2.68 bits per heavy atom. The predicted octanol–water partition coefficient (Wildman–Crippen LogP) is 0.916. The number of aliphatic hydroxyl groups excluding tert-OH is 1. The number of amides is 2. The number of carbonyl (C=O) groups is 2. The fraction of sp³-hybridized carbons (Fsp3) is 0.273. The van der Waals surface area contributed by atoms with Gasteiger partial charge in [0.25, 0.3) is 0 Å². The van der Waals surface area contributed by atoms with Crippen LogP contribution >= 0.6 is 11.6 Å². The number of carbonyl (C=O) groups excluding carboxylic acids is 1. The van der Waals surface area contributed by atoms with E-state index in [4.69, 9.17) is 26.6 Å². The van der Waals surface area contributed by atoms with Gasteiger partial charge in [0.05, 0.1) is 19.4 Å². The van der Waals surface area contributed by atoms with Crippen LogP contribution < -0.4 is 15.4 Å². The van der Waals surface area contributed by atoms with Crippen molar-refractivity contribution in [3.8, 4) is 5.75 Å². The van der Waals surface area contributed by atoms with Crippen molar-refractivity contribution in [2.75, 3.05) is 19.0 Å². The largest absolute Gasteiger partial charge is 0.495 e. The summed E-state index contributed by atoms with van der Waals surface area (Å²) < 4.78 is 5.01. The van der Waals surface area contributed by atoms with E-state index in [1.807, 2.05) is 0 Å². The highest BCUT2D eigenvalue weighted by atomic mass is 35.5. The maximum atomic E-state index is 11.6. The van der Waals surface area contributed by atoms with Crippen LogP contribution in [0.15, 0.2) is 18.2 Å². The first-order valence-electron chi connectivity index (χ1n) is 5.22. The van der Waals surface area contributed by atoms with Gasteiger partial charge in [-0.25, -0.2) is 9.59 Å². The summed E-state index contributed by atoms with van der Waals surface area (Å²) in [5.74, 6) is -0.967. The molecule has 0 aromatic heterocycles. The van der Waals surface area contributed by atoms with Gasteiger partial charge in [0.1, 0.15) is 5.75 Å². The molecule has 4 N–H and O–H groups in total. The van der Waals surface area contributed by atoms with Gasteiger partial charge >= 0.3 is 12.0 Å². The van der Waals surface area contributed by atoms with Gasteiger partial charge < -0.3 is 25.6 Å². The topological polar surface area (TPSA) is 108 Å². The number of nitrogens with one attached hydrogen (secondary N) is 2. The number of aliphatic hydroxyl groups is 1. The smallest absolute Gasteiger partial charge is 0.328 e. The number of urea groups is 1. The van der Waals surface area contributed by atoms with Crippen LogP contribution in [0.5, 0.6) is 5.75 Å². The fourth-order valence-electron chi connectivity index (χ4n) is 1.28. The van der Waals surface area contributed by atoms with Crippen LogP contribution in [0, 0.1) is 0 Å². The Morgan fingerprint density at radius 1 is 1.47 bits per heavy atom. The van der Waals surface area contributed by atoms with E-state index < -0.39 is 24.6 Å². The molecule has 104 valence electrons. The molecule has 0 aliphatic rings. The number of hydrogen-bond donors (Lipinski definition) is 4. The molecule has 19 heavy (non-hydrogen) atoms. The number of aliphatic carboxylic acids is 1. The molecule has 7 nitrogen and oxygen atoms in total. The number of rotatable bonds is 5. The average molecular weight is 289 g/mol. The zero-order valence-corrected chi connectivity index (χ0v) is 10.8. The third-order valence-corrected chi connectivity index (χ3v) is 2.43. The molecule has 0 fully saturated rings. The van der Waals surface area contributed by atoms with Crippen molar-refractivity contribution in [3.63, 3.8) is 0 Å². The zero-order valence-electron chi connectivity index (χ0n) is 10.0. The van der Waals surface area contributed by atoms with Gasteiger partial charge in [0.15, 0.2) is 6.04 Å². The Labute approximate surface area is 114 Å². The van der Waals surface area contributed by atoms with Crippen LogP contribution in [-0.2, 0) is 4.79 Å². The first kappa shape index (κ1) is 15.1. The maximum Gasteiger partial charge on any atom is 0.328 e. The molecule has 0 saturated carbocycles. The number of methoxy groups -OCH3 is 1. The monoisotopic (exact) mass is 288 g/mol. The molecule has 0 radical (unpaired) electrons. The van der Waals surface area contributed by atoms with E-state index in [-0.39, 0.29) is 5.69 Å². The van der Waals surface area contributed by atoms with Crippen molar-refractivity contribution in [1.82, 2.24) is 5.32 Å². The zero-order chi connectivity index (χ0) is 14.4. The molecule has 0 heterocycles. The molecular formula is C11H13ClN2O5. The molecule has 1 aromatic carbocycles. The lowest BCUT2D eigenvalue weighted by molar-refractivity contribution is -0.140. The van der Waals surface area contributed by atoms with Gasteiger partial charge in [0.2, 0.25) is 0 Å². The maximum absolute atomic E-state index is 11.6. The molecule has 0 aliphatic heterocycles. The van der Waals surface area contributed by atoms with Crippen molar-refractivity contribution in [2.45, 2.75) is 6.04 Å². The standard InChI is InChI=1S/C11H13ClN2O5/c1-19-9-3-2-6(12)4-7(9)13-11(18)14-8(5-15)10(16)17/h2-4,8,15H,5H2,1H3,(H,16,17)(H2,13,14,18)/t8-/m0/s1. The van der Waals surface area contributed by atoms with Crippen LogP contribution in [0.25, 0.3) is 0 Å². The van der Waals surface area contributed by atoms with Crippen LogP contribution in [0.1, 0.15) is 0 Å². The summed E-state index contributed by atoms with van der Waals surface area (Å²) >= 11 is 5.78. The molecule has 0 unspecified atom stereocenters. The Morgan fingerprint density at radius 2 is 2.16 bits per heavy atom. The Bertz CT molecular complexity index is 480. The molecule has 0 aliphatic carbocycles. The average Bonchev–Trinajstić information content (AvgIpc) is 2.35. The van der Waals surface area contributed by atoms with Gasteiger partial charge in [-0.2, -0.15) is 0 Å². The Kier molecular flexibility index (Phi) is 5.40. The van der Waals surface area contributed by atoms with E-state index in [9.17, 15) is 9.59 Å². The highest BCUT2D eigenvalue weighted by Gasteiger charge is 2.19. The predicted molar refractivity (Wildman–Crippen MR) is 68.7 cm³/mol. The van der Waals surface area contributed by atoms with Crippen molar-refractivity contribution >= 4 is 29.3 Å². The van der Waals surface area contributed by atoms with E-state index in [2.05, 4.69) is 10.6 Å². The summed E-state index contributed by atoms with van der Waals surface area (Å²) in [6.45, 7) is -0.713. The lowest BCUT2D eigenvalue weighted by atomic mass is 10.3. The molecule has 1 rings (SSSR count). The minimum Gasteiger partial charge on any atom is -0.495 e. The lowest BCUT2D eigenvalue weighted by Gasteiger charge is -2.14. The van der Waals surface area contributed by atoms with Crippen molar-refractivity contribution in [2.24, 2.45) is 0 Å². The number of ether oxygens (including phenoxy) is 1. The van der Waals surface area contributed by atoms with Crippen LogP contribution in [0.3, 0.4) is 0 Å². The van der Waals surface area contributed by atoms with E-state index in [0.29, 0.717) is 10.8 Å². The minimum absolute atomic E-state index is 0.287. The van der Waals surface area contributed by atoms with Gasteiger partial charge in [0, 0.05) is 5.02 Å². The summed E-state index contributed by atoms with van der Waals surface area (Å²) in [6, 6.07) is 2.41. The van der Waals surface area contributed by atoms with E-state index in [0.717, 1.165) is 0 Å². The molecule has 1 aromatic rings. The van der Waals surface area contributed by atoms with Crippen molar-refractivity contribution < 1.29 is 24.5 Å². The van der Waals surface area contributed by atoms with Crippen molar-refractivity contribution in [3.05, 3.63) is 23.2 Å². The van der Waals surface area contributed by atoms with Crippen molar-refractivity contribution in [1.29, 1.82) is 0 Å². The van der Waals surface area contributed by atoms with Gasteiger partial charge in [-0.3, -0.25) is 0 Å². The number of anilines is 1. The van der Waals surface area contributed by atoms with Crippen LogP contribution in [0.4, 0.5) is 10.5 Å². The molecule has 0 bridgehead atoms. The number of benzene rings is 1. The summed E-state index contributed by atoms with van der Waals surface area (Å²) in [4.78, 5) is 22.2. The lowest BCUT2D eigenvalue weighted by Crippen LogP contribution is -2.45. The SMILES string of the molecule is COc1ccc(Cl)cc1NC(=O)N[C@@H](CO)C(=O)O. The quantitative estimate of drug-likeness (QED) is 0.644. The number of hydrogen-bond acceptors (Lipinski definition) is 4. The Hall–Kier alpha value is -1.99. The first-order valence-corrected chi connectivity index (χ1v) is 5.60. The third-order valence-electron chi connectivity index (χ3n) is 2.20. The summed E-state index contributed by atoms with van der Waals surface area (Å²) in [6.07, 6.45) is 0. The Balaban J connectivity index is 2.76. The normalized spacial score (nSPS) is 11.5. The second kappa shape index (κ2) is 6.81. The molecule has 2 amide bonds. The molecular weight excluding hydrogens is 276 g/mol. The first-order chi connectivity index (χ1) is 8.97. The number of carboxylic acid groups (broad SMARTS) is 1. The van der Waals surface area contributed by atoms with Gasteiger partial charge in [-0.1, -0.05) is 11.6 Å². The second-order valence-electron chi connectivity index (χ2n) is 3.52. The fourth-order valence-corrected chi connectivity index (χ4v) is 1.45. The number of carboxylic acids is 1. The summed E-state index contributed by atoms with van der Waals surface area (Å²) in [5.41, 5.74) is 0.287. The van der Waals surface area contributed by atoms with E-state index >= 15 is 0 Å². The highest BCUT2D eigenvalue weighted by molar-refractivity contribution is 6.31. The van der Waals surface area contributed by atoms with Gasteiger partial charge in [-0.05, 0) is 18.2 Å². The van der Waals surface area contributed by atoms with Crippen LogP contribution in [0.2, 0.25) is 5.02 Å². The highest BCUT2D eigenvalue weighted by Crippen LogP contribution is 2.27. The van der Waals surface area contributed by atoms with E-state index in [1.54, 1.807) is 12.1 Å².